The molecular weight excluding hydrogens is 359 g/mol. The molecule has 1 atom stereocenters. The molecule has 5 nitrogen and oxygen atoms in total. The number of halogens is 3. The molecule has 1 amide bonds. The summed E-state index contributed by atoms with van der Waals surface area (Å²) in [4.78, 5) is 12.0. The van der Waals surface area contributed by atoms with E-state index < -0.39 is 15.9 Å². The van der Waals surface area contributed by atoms with E-state index in [1.807, 2.05) is 0 Å². The van der Waals surface area contributed by atoms with Crippen LogP contribution in [0, 0.1) is 0 Å². The molecule has 1 saturated heterocycles. The third kappa shape index (κ3) is 4.72. The maximum absolute atomic E-state index is 12.0. The summed E-state index contributed by atoms with van der Waals surface area (Å²) in [6.45, 7) is 0.350. The van der Waals surface area contributed by atoms with Crippen molar-refractivity contribution in [1.29, 1.82) is 0 Å². The molecule has 0 aromatic heterocycles. The van der Waals surface area contributed by atoms with E-state index in [0.717, 1.165) is 0 Å². The number of nitrogens with one attached hydrogen (secondary N) is 2. The zero-order valence-corrected chi connectivity index (χ0v) is 13.9. The molecule has 2 rings (SSSR count). The van der Waals surface area contributed by atoms with E-state index in [0.29, 0.717) is 11.6 Å². The number of hydrogen-bond donors (Lipinski definition) is 2. The Morgan fingerprint density at radius 3 is 2.48 bits per heavy atom. The molecular formula is C12H13Cl3N2O3S. The van der Waals surface area contributed by atoms with Crippen LogP contribution in [-0.2, 0) is 14.6 Å². The molecule has 0 aliphatic carbocycles. The fraction of sp³-hybridized carbons (Fsp3) is 0.417. The molecule has 0 saturated carbocycles. The fourth-order valence-electron chi connectivity index (χ4n) is 2.07. The minimum Gasteiger partial charge on any atom is -0.323 e. The van der Waals surface area contributed by atoms with Crippen molar-refractivity contribution in [3.05, 3.63) is 27.2 Å². The Morgan fingerprint density at radius 1 is 1.29 bits per heavy atom. The van der Waals surface area contributed by atoms with Crippen LogP contribution in [0.5, 0.6) is 0 Å². The lowest BCUT2D eigenvalue weighted by atomic mass is 10.2. The third-order valence-corrected chi connectivity index (χ3v) is 5.56. The summed E-state index contributed by atoms with van der Waals surface area (Å²) in [6.07, 6.45) is 0.0223. The molecule has 1 aliphatic heterocycles. The second-order valence-corrected chi connectivity index (χ2v) is 8.24. The van der Waals surface area contributed by atoms with E-state index in [-0.39, 0.29) is 39.6 Å². The van der Waals surface area contributed by atoms with Gasteiger partial charge in [0.15, 0.2) is 9.84 Å². The summed E-state index contributed by atoms with van der Waals surface area (Å²) in [5.41, 5.74) is 0.270. The lowest BCUT2D eigenvalue weighted by Crippen LogP contribution is -2.46. The van der Waals surface area contributed by atoms with Crippen LogP contribution in [0.4, 0.5) is 5.69 Å². The van der Waals surface area contributed by atoms with Crippen molar-refractivity contribution in [3.63, 3.8) is 0 Å². The highest BCUT2D eigenvalue weighted by molar-refractivity contribution is 7.91. The van der Waals surface area contributed by atoms with Crippen molar-refractivity contribution in [2.45, 2.75) is 12.5 Å². The summed E-state index contributed by atoms with van der Waals surface area (Å²) in [6, 6.07) is 2.52. The predicted octanol–water partition coefficient (Wildman–Crippen LogP) is 2.36. The molecule has 0 bridgehead atoms. The van der Waals surface area contributed by atoms with Crippen LogP contribution < -0.4 is 10.6 Å². The van der Waals surface area contributed by atoms with Crippen LogP contribution in [0.15, 0.2) is 12.1 Å². The summed E-state index contributed by atoms with van der Waals surface area (Å²) in [7, 11) is -3.08. The Balaban J connectivity index is 2.02. The van der Waals surface area contributed by atoms with Gasteiger partial charge in [-0.25, -0.2) is 8.42 Å². The molecule has 1 aromatic carbocycles. The normalized spacial score (nSPS) is 21.0. The van der Waals surface area contributed by atoms with E-state index in [1.54, 1.807) is 0 Å². The van der Waals surface area contributed by atoms with Crippen molar-refractivity contribution >= 4 is 56.2 Å². The quantitative estimate of drug-likeness (QED) is 0.855. The molecule has 116 valence electrons. The Labute approximate surface area is 137 Å². The molecule has 1 fully saturated rings. The molecule has 9 heteroatoms. The van der Waals surface area contributed by atoms with Crippen LogP contribution in [-0.4, -0.2) is 38.4 Å². The number of amides is 1. The first kappa shape index (κ1) is 16.8. The summed E-state index contributed by atoms with van der Waals surface area (Å²) in [5.74, 6) is -0.321. The topological polar surface area (TPSA) is 75.3 Å². The molecule has 1 aliphatic rings. The van der Waals surface area contributed by atoms with Crippen molar-refractivity contribution in [2.75, 3.05) is 23.4 Å². The zero-order valence-electron chi connectivity index (χ0n) is 10.8. The maximum Gasteiger partial charge on any atom is 0.226 e. The maximum atomic E-state index is 12.0. The van der Waals surface area contributed by atoms with E-state index >= 15 is 0 Å². The first-order chi connectivity index (χ1) is 9.77. The van der Waals surface area contributed by atoms with Gasteiger partial charge in [-0.15, -0.1) is 0 Å². The van der Waals surface area contributed by atoms with E-state index in [9.17, 15) is 13.2 Å². The number of rotatable bonds is 3. The summed E-state index contributed by atoms with van der Waals surface area (Å²) >= 11 is 17.7. The van der Waals surface area contributed by atoms with Gasteiger partial charge in [-0.1, -0.05) is 34.8 Å². The minimum absolute atomic E-state index is 0.0223. The SMILES string of the molecule is O=C(CC1CS(=O)(=O)CCN1)Nc1c(Cl)cc(Cl)cc1Cl. The van der Waals surface area contributed by atoms with Crippen LogP contribution in [0.25, 0.3) is 0 Å². The summed E-state index contributed by atoms with van der Waals surface area (Å²) in [5, 5.41) is 6.40. The molecule has 0 spiro atoms. The van der Waals surface area contributed by atoms with Gasteiger partial charge in [-0.3, -0.25) is 4.79 Å². The smallest absolute Gasteiger partial charge is 0.226 e. The van der Waals surface area contributed by atoms with Gasteiger partial charge in [-0.2, -0.15) is 0 Å². The van der Waals surface area contributed by atoms with Gasteiger partial charge < -0.3 is 10.6 Å². The van der Waals surface area contributed by atoms with E-state index in [4.69, 9.17) is 34.8 Å². The van der Waals surface area contributed by atoms with Crippen molar-refractivity contribution < 1.29 is 13.2 Å². The molecule has 1 heterocycles. The molecule has 21 heavy (non-hydrogen) atoms. The van der Waals surface area contributed by atoms with E-state index in [1.165, 1.54) is 12.1 Å². The van der Waals surface area contributed by atoms with Gasteiger partial charge in [0, 0.05) is 24.0 Å². The predicted molar refractivity (Wildman–Crippen MR) is 85.2 cm³/mol. The Hall–Kier alpha value is -0.530. The van der Waals surface area contributed by atoms with Gasteiger partial charge in [0.05, 0.1) is 27.2 Å². The van der Waals surface area contributed by atoms with Gasteiger partial charge >= 0.3 is 0 Å². The molecule has 1 unspecified atom stereocenters. The highest BCUT2D eigenvalue weighted by Crippen LogP contribution is 2.33. The highest BCUT2D eigenvalue weighted by atomic mass is 35.5. The molecule has 0 radical (unpaired) electrons. The Morgan fingerprint density at radius 2 is 1.90 bits per heavy atom. The molecule has 2 N–H and O–H groups in total. The van der Waals surface area contributed by atoms with Crippen molar-refractivity contribution in [1.82, 2.24) is 5.32 Å². The number of carbonyl (C=O) groups is 1. The zero-order chi connectivity index (χ0) is 15.6. The van der Waals surface area contributed by atoms with Crippen LogP contribution in [0.3, 0.4) is 0 Å². The van der Waals surface area contributed by atoms with Crippen LogP contribution in [0.2, 0.25) is 15.1 Å². The Bertz CT molecular complexity index is 641. The number of benzene rings is 1. The van der Waals surface area contributed by atoms with Gasteiger partial charge in [0.25, 0.3) is 0 Å². The average molecular weight is 372 g/mol. The first-order valence-corrected chi connectivity index (χ1v) is 9.10. The third-order valence-electron chi connectivity index (χ3n) is 3.00. The highest BCUT2D eigenvalue weighted by Gasteiger charge is 2.26. The number of carbonyl (C=O) groups excluding carboxylic acids is 1. The van der Waals surface area contributed by atoms with Crippen molar-refractivity contribution in [3.8, 4) is 0 Å². The lowest BCUT2D eigenvalue weighted by molar-refractivity contribution is -0.116. The first-order valence-electron chi connectivity index (χ1n) is 6.15. The number of hydrogen-bond acceptors (Lipinski definition) is 4. The molecule has 1 aromatic rings. The average Bonchev–Trinajstić information content (AvgIpc) is 2.32. The van der Waals surface area contributed by atoms with Crippen LogP contribution in [0.1, 0.15) is 6.42 Å². The number of anilines is 1. The second kappa shape index (κ2) is 6.71. The standard InChI is InChI=1S/C12H13Cl3N2O3S/c13-7-3-9(14)12(10(15)4-7)17-11(18)5-8-6-21(19,20)2-1-16-8/h3-4,8,16H,1-2,5-6H2,(H,17,18). The minimum atomic E-state index is -3.08. The lowest BCUT2D eigenvalue weighted by Gasteiger charge is -2.23. The van der Waals surface area contributed by atoms with Crippen LogP contribution >= 0.6 is 34.8 Å². The monoisotopic (exact) mass is 370 g/mol. The van der Waals surface area contributed by atoms with Gasteiger partial charge in [0.1, 0.15) is 0 Å². The van der Waals surface area contributed by atoms with E-state index in [2.05, 4.69) is 10.6 Å². The fourth-order valence-corrected chi connectivity index (χ4v) is 4.43. The van der Waals surface area contributed by atoms with Crippen molar-refractivity contribution in [2.24, 2.45) is 0 Å². The summed E-state index contributed by atoms with van der Waals surface area (Å²) < 4.78 is 23.0. The largest absolute Gasteiger partial charge is 0.323 e. The number of sulfone groups is 1. The van der Waals surface area contributed by atoms with Gasteiger partial charge in [0.2, 0.25) is 5.91 Å². The van der Waals surface area contributed by atoms with Gasteiger partial charge in [-0.05, 0) is 12.1 Å². The Kier molecular flexibility index (Phi) is 5.38. The second-order valence-electron chi connectivity index (χ2n) is 4.76.